The number of hydrogen-bond acceptors (Lipinski definition) is 9. The van der Waals surface area contributed by atoms with Gasteiger partial charge >= 0.3 is 0 Å². The molecule has 29 heavy (non-hydrogen) atoms. The van der Waals surface area contributed by atoms with Crippen molar-refractivity contribution < 1.29 is 0 Å². The summed E-state index contributed by atoms with van der Waals surface area (Å²) in [6.45, 7) is 1.79. The molecule has 0 spiro atoms. The van der Waals surface area contributed by atoms with Crippen LogP contribution in [0.2, 0.25) is 5.02 Å². The monoisotopic (exact) mass is 424 g/mol. The maximum Gasteiger partial charge on any atom is 0.268 e. The highest BCUT2D eigenvalue weighted by Gasteiger charge is 2.21. The normalized spacial score (nSPS) is 11.9. The van der Waals surface area contributed by atoms with Gasteiger partial charge < -0.3 is 11.1 Å². The molecular formula is C18H13ClN8OS. The molecule has 3 aromatic heterocycles. The van der Waals surface area contributed by atoms with Crippen molar-refractivity contribution in [2.75, 3.05) is 11.1 Å². The Bertz CT molecular complexity index is 1310. The number of nitriles is 1. The van der Waals surface area contributed by atoms with E-state index >= 15 is 0 Å². The van der Waals surface area contributed by atoms with Crippen molar-refractivity contribution in [3.8, 4) is 11.9 Å². The second-order valence-electron chi connectivity index (χ2n) is 6.06. The molecule has 0 fully saturated rings. The van der Waals surface area contributed by atoms with Gasteiger partial charge in [-0.2, -0.15) is 10.2 Å². The zero-order valence-electron chi connectivity index (χ0n) is 15.0. The van der Waals surface area contributed by atoms with Gasteiger partial charge in [-0.1, -0.05) is 17.7 Å². The van der Waals surface area contributed by atoms with Crippen molar-refractivity contribution in [2.45, 2.75) is 13.0 Å². The zero-order chi connectivity index (χ0) is 20.5. The third kappa shape index (κ3) is 3.37. The molecule has 3 heterocycles. The minimum absolute atomic E-state index is 0.0221. The molecule has 0 aliphatic heterocycles. The highest BCUT2D eigenvalue weighted by atomic mass is 35.5. The summed E-state index contributed by atoms with van der Waals surface area (Å²) < 4.78 is 1.40. The topological polar surface area (TPSA) is 135 Å². The van der Waals surface area contributed by atoms with Crippen LogP contribution in [-0.2, 0) is 0 Å². The lowest BCUT2D eigenvalue weighted by atomic mass is 10.2. The molecule has 0 aliphatic rings. The van der Waals surface area contributed by atoms with E-state index in [0.29, 0.717) is 27.6 Å². The van der Waals surface area contributed by atoms with Crippen LogP contribution in [0.4, 0.5) is 11.8 Å². The molecule has 0 amide bonds. The van der Waals surface area contributed by atoms with Crippen LogP contribution in [0.3, 0.4) is 0 Å². The number of nitrogens with two attached hydrogens (primary N) is 1. The van der Waals surface area contributed by atoms with E-state index in [9.17, 15) is 10.1 Å². The summed E-state index contributed by atoms with van der Waals surface area (Å²) in [4.78, 5) is 30.1. The van der Waals surface area contributed by atoms with Crippen molar-refractivity contribution in [2.24, 2.45) is 0 Å². The Morgan fingerprint density at radius 3 is 2.90 bits per heavy atom. The highest BCUT2D eigenvalue weighted by molar-refractivity contribution is 7.07. The number of aromatic nitrogens is 5. The summed E-state index contributed by atoms with van der Waals surface area (Å²) >= 11 is 7.61. The van der Waals surface area contributed by atoms with Crippen LogP contribution in [0.5, 0.6) is 0 Å². The van der Waals surface area contributed by atoms with E-state index in [1.807, 2.05) is 6.07 Å². The van der Waals surface area contributed by atoms with Crippen LogP contribution < -0.4 is 16.6 Å². The SMILES string of the molecule is CC(Nc1nc(N)ncc1C#N)c1nc2cccc(Cl)c2c(=O)n1-c1cscn1. The first-order valence-electron chi connectivity index (χ1n) is 8.38. The van der Waals surface area contributed by atoms with Gasteiger partial charge in [-0.3, -0.25) is 4.79 Å². The van der Waals surface area contributed by atoms with E-state index in [-0.39, 0.29) is 22.9 Å². The number of benzene rings is 1. The average molecular weight is 425 g/mol. The summed E-state index contributed by atoms with van der Waals surface area (Å²) in [6, 6.07) is 6.58. The van der Waals surface area contributed by atoms with E-state index in [4.69, 9.17) is 17.3 Å². The molecule has 0 bridgehead atoms. The molecule has 3 N–H and O–H groups in total. The predicted molar refractivity (Wildman–Crippen MR) is 111 cm³/mol. The van der Waals surface area contributed by atoms with Crippen molar-refractivity contribution in [1.29, 1.82) is 5.26 Å². The number of nitrogens with one attached hydrogen (secondary N) is 1. The van der Waals surface area contributed by atoms with E-state index in [1.54, 1.807) is 36.0 Å². The van der Waals surface area contributed by atoms with Gasteiger partial charge in [-0.05, 0) is 19.1 Å². The first-order chi connectivity index (χ1) is 14.0. The van der Waals surface area contributed by atoms with Crippen LogP contribution in [0.15, 0.2) is 40.1 Å². The van der Waals surface area contributed by atoms with E-state index in [1.165, 1.54) is 22.1 Å². The Morgan fingerprint density at radius 2 is 2.17 bits per heavy atom. The molecule has 4 aromatic rings. The van der Waals surface area contributed by atoms with Gasteiger partial charge in [0.2, 0.25) is 5.95 Å². The highest BCUT2D eigenvalue weighted by Crippen LogP contribution is 2.25. The average Bonchev–Trinajstić information content (AvgIpc) is 3.22. The molecule has 0 saturated heterocycles. The van der Waals surface area contributed by atoms with Gasteiger partial charge in [-0.15, -0.1) is 11.3 Å². The first-order valence-corrected chi connectivity index (χ1v) is 9.70. The molecule has 1 atom stereocenters. The zero-order valence-corrected chi connectivity index (χ0v) is 16.6. The van der Waals surface area contributed by atoms with Crippen molar-refractivity contribution >= 4 is 45.6 Å². The molecule has 11 heteroatoms. The fraction of sp³-hybridized carbons (Fsp3) is 0.111. The number of nitrogens with zero attached hydrogens (tertiary/aromatic N) is 6. The number of hydrogen-bond donors (Lipinski definition) is 2. The maximum atomic E-state index is 13.3. The molecule has 1 unspecified atom stereocenters. The van der Waals surface area contributed by atoms with Gasteiger partial charge in [0, 0.05) is 5.38 Å². The molecule has 4 rings (SSSR count). The second kappa shape index (κ2) is 7.46. The van der Waals surface area contributed by atoms with E-state index in [2.05, 4.69) is 25.3 Å². The van der Waals surface area contributed by atoms with Gasteiger partial charge in [0.15, 0.2) is 5.82 Å². The molecule has 9 nitrogen and oxygen atoms in total. The van der Waals surface area contributed by atoms with Crippen LogP contribution in [0, 0.1) is 11.3 Å². The predicted octanol–water partition coefficient (Wildman–Crippen LogP) is 2.91. The maximum absolute atomic E-state index is 13.3. The first kappa shape index (κ1) is 18.8. The lowest BCUT2D eigenvalue weighted by molar-refractivity contribution is 0.723. The minimum atomic E-state index is -0.519. The van der Waals surface area contributed by atoms with Crippen molar-refractivity contribution in [1.82, 2.24) is 24.5 Å². The lowest BCUT2D eigenvalue weighted by Crippen LogP contribution is -2.28. The van der Waals surface area contributed by atoms with Crippen LogP contribution >= 0.6 is 22.9 Å². The Kier molecular flexibility index (Phi) is 4.84. The van der Waals surface area contributed by atoms with Crippen LogP contribution in [-0.4, -0.2) is 24.5 Å². The van der Waals surface area contributed by atoms with Gasteiger partial charge in [-0.25, -0.2) is 19.5 Å². The number of rotatable bonds is 4. The van der Waals surface area contributed by atoms with Gasteiger partial charge in [0.1, 0.15) is 23.3 Å². The Hall–Kier alpha value is -3.55. The summed E-state index contributed by atoms with van der Waals surface area (Å²) in [5.41, 5.74) is 7.62. The second-order valence-corrected chi connectivity index (χ2v) is 7.19. The molecular weight excluding hydrogens is 412 g/mol. The van der Waals surface area contributed by atoms with E-state index < -0.39 is 6.04 Å². The van der Waals surface area contributed by atoms with Crippen LogP contribution in [0.25, 0.3) is 16.7 Å². The van der Waals surface area contributed by atoms with Crippen molar-refractivity contribution in [3.05, 3.63) is 62.1 Å². The number of halogens is 1. The molecule has 0 saturated carbocycles. The molecule has 0 aliphatic carbocycles. The number of thiazole rings is 1. The smallest absolute Gasteiger partial charge is 0.268 e. The van der Waals surface area contributed by atoms with Crippen LogP contribution in [0.1, 0.15) is 24.4 Å². The van der Waals surface area contributed by atoms with E-state index in [0.717, 1.165) is 0 Å². The summed E-state index contributed by atoms with van der Waals surface area (Å²) in [5, 5.41) is 14.8. The molecule has 0 radical (unpaired) electrons. The Labute approximate surface area is 173 Å². The third-order valence-corrected chi connectivity index (χ3v) is 5.08. The molecule has 1 aromatic carbocycles. The van der Waals surface area contributed by atoms with Gasteiger partial charge in [0.05, 0.1) is 33.7 Å². The fourth-order valence-corrected chi connectivity index (χ4v) is 3.66. The minimum Gasteiger partial charge on any atom is -0.368 e. The van der Waals surface area contributed by atoms with Gasteiger partial charge in [0.25, 0.3) is 5.56 Å². The quantitative estimate of drug-likeness (QED) is 0.510. The standard InChI is InChI=1S/C18H13ClN8OS/c1-9(24-15-10(5-20)6-22-18(21)26-15)16-25-12-4-2-3-11(19)14(12)17(28)27(16)13-7-29-8-23-13/h2-4,6-9H,1H3,(H3,21,22,24,26). The number of anilines is 2. The summed E-state index contributed by atoms with van der Waals surface area (Å²) in [6.07, 6.45) is 1.33. The molecule has 144 valence electrons. The Balaban J connectivity index is 1.91. The summed E-state index contributed by atoms with van der Waals surface area (Å²) in [7, 11) is 0. The third-order valence-electron chi connectivity index (χ3n) is 4.19. The summed E-state index contributed by atoms with van der Waals surface area (Å²) in [5.74, 6) is 1.09. The fourth-order valence-electron chi connectivity index (χ4n) is 2.89. The number of fused-ring (bicyclic) bond motifs is 1. The number of nitrogen functional groups attached to an aromatic ring is 1. The largest absolute Gasteiger partial charge is 0.368 e. The Morgan fingerprint density at radius 1 is 1.34 bits per heavy atom. The lowest BCUT2D eigenvalue weighted by Gasteiger charge is -2.19. The van der Waals surface area contributed by atoms with Crippen molar-refractivity contribution in [3.63, 3.8) is 0 Å².